The van der Waals surface area contributed by atoms with Crippen molar-refractivity contribution in [2.45, 2.75) is 6.61 Å². The molecule has 0 aliphatic heterocycles. The molecule has 0 heterocycles. The summed E-state index contributed by atoms with van der Waals surface area (Å²) in [6, 6.07) is 3.20. The molecule has 0 saturated carbocycles. The number of benzene rings is 1. The van der Waals surface area contributed by atoms with Gasteiger partial charge in [0.2, 0.25) is 0 Å². The van der Waals surface area contributed by atoms with E-state index in [1.165, 1.54) is 0 Å². The third kappa shape index (κ3) is 5.83. The molecule has 0 fully saturated rings. The molecular weight excluding hydrogens is 266 g/mol. The van der Waals surface area contributed by atoms with Crippen LogP contribution in [0.5, 0.6) is 0 Å². The minimum absolute atomic E-state index is 0. The molecule has 1 rings (SSSR count). The van der Waals surface area contributed by atoms with Crippen LogP contribution in [-0.2, 0) is 6.61 Å². The molecule has 7 heteroatoms. The maximum Gasteiger partial charge on any atom is 1.00 e. The second-order valence-electron chi connectivity index (χ2n) is 2.65. The number of aliphatic hydroxyl groups excluding tert-OH is 1. The Bertz CT molecular complexity index is 359. The molecule has 0 spiro atoms. The zero-order valence-corrected chi connectivity index (χ0v) is 15.3. The summed E-state index contributed by atoms with van der Waals surface area (Å²) in [5, 5.41) is 29.6. The van der Waals surface area contributed by atoms with Crippen molar-refractivity contribution in [3.63, 3.8) is 0 Å². The summed E-state index contributed by atoms with van der Waals surface area (Å²) < 4.78 is 0. The molecular formula is C9H6K2O5. The number of aromatic carboxylic acids is 2. The monoisotopic (exact) mass is 272 g/mol. The second kappa shape index (κ2) is 9.34. The Labute approximate surface area is 177 Å². The van der Waals surface area contributed by atoms with Crippen LogP contribution in [-0.4, -0.2) is 17.0 Å². The molecule has 5 nitrogen and oxygen atoms in total. The molecule has 1 aromatic carbocycles. The van der Waals surface area contributed by atoms with E-state index >= 15 is 0 Å². The summed E-state index contributed by atoms with van der Waals surface area (Å²) in [6.45, 7) is -0.443. The summed E-state index contributed by atoms with van der Waals surface area (Å²) in [4.78, 5) is 20.9. The number of carboxylic acids is 2. The van der Waals surface area contributed by atoms with Crippen LogP contribution >= 0.6 is 0 Å². The molecule has 0 radical (unpaired) electrons. The normalized spacial score (nSPS) is 8.56. The first-order chi connectivity index (χ1) is 6.54. The van der Waals surface area contributed by atoms with Crippen LogP contribution in [0.4, 0.5) is 0 Å². The number of carbonyl (C=O) groups is 2. The molecule has 1 N–H and O–H groups in total. The van der Waals surface area contributed by atoms with Gasteiger partial charge in [-0.1, -0.05) is 0 Å². The molecule has 0 bridgehead atoms. The van der Waals surface area contributed by atoms with Crippen molar-refractivity contribution in [1.29, 1.82) is 0 Å². The van der Waals surface area contributed by atoms with Gasteiger partial charge in [0, 0.05) is 0 Å². The van der Waals surface area contributed by atoms with Gasteiger partial charge in [0.15, 0.2) is 0 Å². The van der Waals surface area contributed by atoms with Crippen molar-refractivity contribution < 1.29 is 128 Å². The van der Waals surface area contributed by atoms with Gasteiger partial charge in [-0.2, -0.15) is 0 Å². The number of carboxylic acid groups (broad SMARTS) is 2. The largest absolute Gasteiger partial charge is 1.00 e. The Morgan fingerprint density at radius 3 is 1.62 bits per heavy atom. The smallest absolute Gasteiger partial charge is 0.545 e. The second-order valence-corrected chi connectivity index (χ2v) is 2.65. The van der Waals surface area contributed by atoms with Gasteiger partial charge in [0.05, 0.1) is 18.5 Å². The molecule has 0 atom stereocenters. The third-order valence-electron chi connectivity index (χ3n) is 1.65. The fourth-order valence-corrected chi connectivity index (χ4v) is 1.02. The van der Waals surface area contributed by atoms with Crippen LogP contribution in [0.25, 0.3) is 0 Å². The van der Waals surface area contributed by atoms with E-state index in [4.69, 9.17) is 5.11 Å². The topological polar surface area (TPSA) is 100 Å². The van der Waals surface area contributed by atoms with E-state index in [2.05, 4.69) is 0 Å². The molecule has 0 saturated heterocycles. The van der Waals surface area contributed by atoms with Gasteiger partial charge >= 0.3 is 103 Å². The average molecular weight is 272 g/mol. The van der Waals surface area contributed by atoms with Crippen molar-refractivity contribution in [1.82, 2.24) is 0 Å². The van der Waals surface area contributed by atoms with Crippen molar-refractivity contribution in [3.05, 3.63) is 34.9 Å². The van der Waals surface area contributed by atoms with Crippen LogP contribution < -0.4 is 113 Å². The first kappa shape index (κ1) is 19.7. The van der Waals surface area contributed by atoms with Crippen LogP contribution in [0.3, 0.4) is 0 Å². The maximum absolute atomic E-state index is 10.4. The van der Waals surface area contributed by atoms with E-state index < -0.39 is 18.5 Å². The maximum atomic E-state index is 10.4. The van der Waals surface area contributed by atoms with E-state index in [9.17, 15) is 19.8 Å². The van der Waals surface area contributed by atoms with E-state index in [1.807, 2.05) is 0 Å². The number of hydrogen-bond donors (Lipinski definition) is 1. The fraction of sp³-hybridized carbons (Fsp3) is 0.111. The Hall–Kier alpha value is 1.39. The number of carbonyl (C=O) groups excluding carboxylic acids is 2. The predicted molar refractivity (Wildman–Crippen MR) is 41.0 cm³/mol. The SMILES string of the molecule is O=C([O-])c1cc(CO)cc(C(=O)[O-])c1.[K+].[K+]. The summed E-state index contributed by atoms with van der Waals surface area (Å²) in [5.41, 5.74) is -0.405. The minimum atomic E-state index is -1.50. The molecule has 0 aromatic heterocycles. The van der Waals surface area contributed by atoms with E-state index in [0.29, 0.717) is 0 Å². The van der Waals surface area contributed by atoms with Crippen molar-refractivity contribution in [2.24, 2.45) is 0 Å². The van der Waals surface area contributed by atoms with Gasteiger partial charge in [-0.15, -0.1) is 0 Å². The Morgan fingerprint density at radius 2 is 1.38 bits per heavy atom. The summed E-state index contributed by atoms with van der Waals surface area (Å²) in [6.07, 6.45) is 0. The zero-order chi connectivity index (χ0) is 10.7. The van der Waals surface area contributed by atoms with Crippen LogP contribution in [0.15, 0.2) is 18.2 Å². The number of rotatable bonds is 3. The van der Waals surface area contributed by atoms with Gasteiger partial charge < -0.3 is 24.9 Å². The van der Waals surface area contributed by atoms with Crippen LogP contribution in [0.2, 0.25) is 0 Å². The quantitative estimate of drug-likeness (QED) is 0.551. The predicted octanol–water partition coefficient (Wildman–Crippen LogP) is -8.09. The van der Waals surface area contributed by atoms with Crippen molar-refractivity contribution >= 4 is 11.9 Å². The zero-order valence-electron chi connectivity index (χ0n) is 9.02. The first-order valence-corrected chi connectivity index (χ1v) is 3.72. The molecule has 0 aliphatic carbocycles. The Balaban J connectivity index is 0. The van der Waals surface area contributed by atoms with Crippen LogP contribution in [0.1, 0.15) is 26.3 Å². The standard InChI is InChI=1S/C9H8O5.2K/c10-4-5-1-6(8(11)12)3-7(2-5)9(13)14;;/h1-3,10H,4H2,(H,11,12)(H,13,14);;/q;2*+1/p-2. The van der Waals surface area contributed by atoms with Gasteiger partial charge in [-0.3, -0.25) is 0 Å². The number of hydrogen-bond acceptors (Lipinski definition) is 5. The summed E-state index contributed by atoms with van der Waals surface area (Å²) in [5.74, 6) is -2.99. The van der Waals surface area contributed by atoms with Gasteiger partial charge in [-0.25, -0.2) is 0 Å². The average Bonchev–Trinajstić information content (AvgIpc) is 2.16. The minimum Gasteiger partial charge on any atom is -0.545 e. The van der Waals surface area contributed by atoms with Crippen molar-refractivity contribution in [3.8, 4) is 0 Å². The summed E-state index contributed by atoms with van der Waals surface area (Å²) in [7, 11) is 0. The number of aliphatic hydroxyl groups is 1. The molecule has 0 unspecified atom stereocenters. The molecule has 0 aliphatic rings. The third-order valence-corrected chi connectivity index (χ3v) is 1.65. The molecule has 16 heavy (non-hydrogen) atoms. The van der Waals surface area contributed by atoms with Crippen LogP contribution in [0, 0.1) is 0 Å². The van der Waals surface area contributed by atoms with Crippen molar-refractivity contribution in [2.75, 3.05) is 0 Å². The van der Waals surface area contributed by atoms with E-state index in [-0.39, 0.29) is 119 Å². The fourth-order valence-electron chi connectivity index (χ4n) is 1.02. The van der Waals surface area contributed by atoms with Gasteiger partial charge in [0.25, 0.3) is 0 Å². The van der Waals surface area contributed by atoms with E-state index in [0.717, 1.165) is 18.2 Å². The van der Waals surface area contributed by atoms with Gasteiger partial charge in [0.1, 0.15) is 0 Å². The first-order valence-electron chi connectivity index (χ1n) is 3.72. The van der Waals surface area contributed by atoms with Gasteiger partial charge in [-0.05, 0) is 34.9 Å². The Kier molecular flexibility index (Phi) is 11.5. The molecule has 0 amide bonds. The summed E-state index contributed by atoms with van der Waals surface area (Å²) >= 11 is 0. The Morgan fingerprint density at radius 1 is 1.00 bits per heavy atom. The molecule has 1 aromatic rings. The van der Waals surface area contributed by atoms with E-state index in [1.54, 1.807) is 0 Å². The molecule has 74 valence electrons.